The quantitative estimate of drug-likeness (QED) is 0.557. The smallest absolute Gasteiger partial charge is 0.0710 e. The summed E-state index contributed by atoms with van der Waals surface area (Å²) in [5, 5.41) is 5.89. The zero-order valence-electron chi connectivity index (χ0n) is 11.3. The van der Waals surface area contributed by atoms with Crippen LogP contribution < -0.4 is 5.32 Å². The second-order valence-corrected chi connectivity index (χ2v) is 6.54. The summed E-state index contributed by atoms with van der Waals surface area (Å²) in [6.07, 6.45) is 0. The molecule has 3 aromatic rings. The minimum absolute atomic E-state index is 0.603. The molecule has 0 saturated carbocycles. The van der Waals surface area contributed by atoms with E-state index >= 15 is 0 Å². The highest BCUT2D eigenvalue weighted by Crippen LogP contribution is 2.31. The van der Waals surface area contributed by atoms with E-state index in [0.717, 1.165) is 42.4 Å². The van der Waals surface area contributed by atoms with Gasteiger partial charge in [0.2, 0.25) is 0 Å². The van der Waals surface area contributed by atoms with Crippen LogP contribution >= 0.6 is 39.1 Å². The Morgan fingerprint density at radius 1 is 1.19 bits per heavy atom. The van der Waals surface area contributed by atoms with E-state index in [1.165, 1.54) is 0 Å². The van der Waals surface area contributed by atoms with Gasteiger partial charge in [0, 0.05) is 20.4 Å². The Morgan fingerprint density at radius 2 is 1.95 bits per heavy atom. The van der Waals surface area contributed by atoms with Crippen LogP contribution in [0.25, 0.3) is 10.9 Å². The molecule has 0 aliphatic rings. The number of rotatable bonds is 3. The van der Waals surface area contributed by atoms with Crippen LogP contribution in [-0.2, 0) is 6.54 Å². The van der Waals surface area contributed by atoms with Crippen molar-refractivity contribution in [2.75, 3.05) is 5.32 Å². The summed E-state index contributed by atoms with van der Waals surface area (Å²) in [4.78, 5) is 3.34. The van der Waals surface area contributed by atoms with Crippen molar-refractivity contribution in [2.45, 2.75) is 13.5 Å². The van der Waals surface area contributed by atoms with E-state index in [4.69, 9.17) is 23.2 Å². The lowest BCUT2D eigenvalue weighted by Crippen LogP contribution is -2.01. The Bertz CT molecular complexity index is 811. The number of anilines is 1. The molecule has 1 aromatic heterocycles. The number of H-pyrrole nitrogens is 1. The van der Waals surface area contributed by atoms with Crippen molar-refractivity contribution in [2.24, 2.45) is 0 Å². The van der Waals surface area contributed by atoms with Crippen LogP contribution in [0.3, 0.4) is 0 Å². The van der Waals surface area contributed by atoms with E-state index in [9.17, 15) is 0 Å². The first-order valence-corrected chi connectivity index (χ1v) is 8.06. The third-order valence-electron chi connectivity index (χ3n) is 3.42. The van der Waals surface area contributed by atoms with Crippen molar-refractivity contribution < 1.29 is 0 Å². The number of aromatic amines is 1. The first kappa shape index (κ1) is 14.8. The second kappa shape index (κ2) is 5.91. The lowest BCUT2D eigenvalue weighted by Gasteiger charge is -2.10. The standard InChI is InChI=1S/C16H13BrCl2N2/c1-9-6-11(17)14(7-12(9)18)20-8-15-16(19)10-4-2-3-5-13(10)21-15/h2-7,20-21H,8H2,1H3. The highest BCUT2D eigenvalue weighted by Gasteiger charge is 2.10. The van der Waals surface area contributed by atoms with Gasteiger partial charge in [-0.3, -0.25) is 0 Å². The minimum Gasteiger partial charge on any atom is -0.378 e. The maximum absolute atomic E-state index is 6.41. The predicted molar refractivity (Wildman–Crippen MR) is 94.5 cm³/mol. The van der Waals surface area contributed by atoms with Gasteiger partial charge in [0.15, 0.2) is 0 Å². The summed E-state index contributed by atoms with van der Waals surface area (Å²) in [6, 6.07) is 11.9. The van der Waals surface area contributed by atoms with Gasteiger partial charge in [0.05, 0.1) is 22.9 Å². The molecule has 0 aliphatic carbocycles. The van der Waals surface area contributed by atoms with Crippen LogP contribution in [0.5, 0.6) is 0 Å². The summed E-state index contributed by atoms with van der Waals surface area (Å²) in [6.45, 7) is 2.58. The van der Waals surface area contributed by atoms with Crippen molar-refractivity contribution >= 4 is 55.7 Å². The average Bonchev–Trinajstić information content (AvgIpc) is 2.79. The van der Waals surface area contributed by atoms with Crippen molar-refractivity contribution in [1.29, 1.82) is 0 Å². The number of aryl methyl sites for hydroxylation is 1. The number of halogens is 3. The Kier molecular flexibility index (Phi) is 4.16. The number of hydrogen-bond acceptors (Lipinski definition) is 1. The third kappa shape index (κ3) is 2.91. The SMILES string of the molecule is Cc1cc(Br)c(NCc2[nH]c3ccccc3c2Cl)cc1Cl. The number of para-hydroxylation sites is 1. The monoisotopic (exact) mass is 382 g/mol. The van der Waals surface area contributed by atoms with Crippen LogP contribution in [0.2, 0.25) is 10.0 Å². The van der Waals surface area contributed by atoms with E-state index in [1.807, 2.05) is 43.3 Å². The van der Waals surface area contributed by atoms with Crippen LogP contribution in [0.1, 0.15) is 11.3 Å². The topological polar surface area (TPSA) is 27.8 Å². The lowest BCUT2D eigenvalue weighted by molar-refractivity contribution is 1.08. The van der Waals surface area contributed by atoms with Gasteiger partial charge in [0.1, 0.15) is 0 Å². The molecule has 108 valence electrons. The first-order valence-electron chi connectivity index (χ1n) is 6.51. The van der Waals surface area contributed by atoms with E-state index in [-0.39, 0.29) is 0 Å². The van der Waals surface area contributed by atoms with Gasteiger partial charge in [-0.25, -0.2) is 0 Å². The highest BCUT2D eigenvalue weighted by atomic mass is 79.9. The van der Waals surface area contributed by atoms with Crippen LogP contribution in [0.4, 0.5) is 5.69 Å². The lowest BCUT2D eigenvalue weighted by atomic mass is 10.2. The summed E-state index contributed by atoms with van der Waals surface area (Å²) in [7, 11) is 0. The zero-order chi connectivity index (χ0) is 15.0. The summed E-state index contributed by atoms with van der Waals surface area (Å²) in [5.41, 5.74) is 3.99. The normalized spacial score (nSPS) is 11.0. The number of fused-ring (bicyclic) bond motifs is 1. The molecule has 0 bridgehead atoms. The fourth-order valence-corrected chi connectivity index (χ4v) is 3.29. The molecule has 5 heteroatoms. The van der Waals surface area contributed by atoms with Gasteiger partial charge < -0.3 is 10.3 Å². The van der Waals surface area contributed by atoms with Crippen LogP contribution in [-0.4, -0.2) is 4.98 Å². The second-order valence-electron chi connectivity index (χ2n) is 4.90. The van der Waals surface area contributed by atoms with E-state index in [2.05, 4.69) is 26.2 Å². The maximum Gasteiger partial charge on any atom is 0.0710 e. The van der Waals surface area contributed by atoms with Gasteiger partial charge in [-0.2, -0.15) is 0 Å². The summed E-state index contributed by atoms with van der Waals surface area (Å²) >= 11 is 16.1. The molecule has 1 heterocycles. The van der Waals surface area contributed by atoms with E-state index in [0.29, 0.717) is 6.54 Å². The van der Waals surface area contributed by atoms with Gasteiger partial charge in [-0.05, 0) is 46.6 Å². The Morgan fingerprint density at radius 3 is 2.71 bits per heavy atom. The molecular weight excluding hydrogens is 371 g/mol. The average molecular weight is 384 g/mol. The molecule has 0 unspecified atom stereocenters. The fraction of sp³-hybridized carbons (Fsp3) is 0.125. The maximum atomic E-state index is 6.41. The molecule has 0 aliphatic heterocycles. The van der Waals surface area contributed by atoms with Gasteiger partial charge in [0.25, 0.3) is 0 Å². The molecule has 2 nitrogen and oxygen atoms in total. The van der Waals surface area contributed by atoms with Crippen LogP contribution in [0.15, 0.2) is 40.9 Å². The van der Waals surface area contributed by atoms with Gasteiger partial charge in [-0.15, -0.1) is 0 Å². The Hall–Kier alpha value is -1.16. The largest absolute Gasteiger partial charge is 0.378 e. The van der Waals surface area contributed by atoms with Crippen molar-refractivity contribution in [3.8, 4) is 0 Å². The summed E-state index contributed by atoms with van der Waals surface area (Å²) < 4.78 is 0.983. The summed E-state index contributed by atoms with van der Waals surface area (Å²) in [5.74, 6) is 0. The minimum atomic E-state index is 0.603. The molecule has 21 heavy (non-hydrogen) atoms. The first-order chi connectivity index (χ1) is 10.1. The van der Waals surface area contributed by atoms with Gasteiger partial charge >= 0.3 is 0 Å². The Labute approximate surface area is 141 Å². The van der Waals surface area contributed by atoms with Crippen molar-refractivity contribution in [3.05, 3.63) is 62.2 Å². The molecule has 0 fully saturated rings. The van der Waals surface area contributed by atoms with Crippen molar-refractivity contribution in [3.63, 3.8) is 0 Å². The highest BCUT2D eigenvalue weighted by molar-refractivity contribution is 9.10. The van der Waals surface area contributed by atoms with E-state index < -0.39 is 0 Å². The molecule has 0 atom stereocenters. The number of aromatic nitrogens is 1. The molecule has 2 N–H and O–H groups in total. The third-order valence-corrected chi connectivity index (χ3v) is 4.91. The molecule has 3 rings (SSSR count). The van der Waals surface area contributed by atoms with Crippen molar-refractivity contribution in [1.82, 2.24) is 4.98 Å². The van der Waals surface area contributed by atoms with E-state index in [1.54, 1.807) is 0 Å². The molecular formula is C16H13BrCl2N2. The predicted octanol–water partition coefficient (Wildman–Crippen LogP) is 6.16. The number of benzene rings is 2. The molecule has 0 spiro atoms. The number of nitrogens with one attached hydrogen (secondary N) is 2. The fourth-order valence-electron chi connectivity index (χ4n) is 2.25. The van der Waals surface area contributed by atoms with Crippen LogP contribution in [0, 0.1) is 6.92 Å². The molecule has 0 radical (unpaired) electrons. The Balaban J connectivity index is 1.87. The molecule has 0 amide bonds. The zero-order valence-corrected chi connectivity index (χ0v) is 14.4. The number of hydrogen-bond donors (Lipinski definition) is 2. The molecule has 2 aromatic carbocycles. The molecule has 0 saturated heterocycles. The van der Waals surface area contributed by atoms with Gasteiger partial charge in [-0.1, -0.05) is 41.4 Å².